The van der Waals surface area contributed by atoms with Crippen LogP contribution >= 0.6 is 0 Å². The van der Waals surface area contributed by atoms with E-state index in [1.54, 1.807) is 13.0 Å². The number of carbonyl (C=O) groups is 1. The van der Waals surface area contributed by atoms with Gasteiger partial charge in [-0.1, -0.05) is 25.1 Å². The second-order valence-electron chi connectivity index (χ2n) is 6.12. The first-order chi connectivity index (χ1) is 11.3. The SMILES string of the molecule is CCC(=O)N(O)c1cccc(C)c1COc1cc(C)c(C)cc1C. The molecule has 128 valence electrons. The molecule has 4 heteroatoms. The summed E-state index contributed by atoms with van der Waals surface area (Å²) in [6.45, 7) is 10.1. The fourth-order valence-electron chi connectivity index (χ4n) is 2.60. The van der Waals surface area contributed by atoms with Crippen LogP contribution in [0.5, 0.6) is 5.75 Å². The van der Waals surface area contributed by atoms with Crippen molar-refractivity contribution in [1.82, 2.24) is 0 Å². The Morgan fingerprint density at radius 2 is 1.71 bits per heavy atom. The highest BCUT2D eigenvalue weighted by Crippen LogP contribution is 2.27. The van der Waals surface area contributed by atoms with E-state index in [-0.39, 0.29) is 12.3 Å². The lowest BCUT2D eigenvalue weighted by molar-refractivity contribution is -0.123. The van der Waals surface area contributed by atoms with E-state index in [0.717, 1.165) is 27.5 Å². The molecule has 0 unspecified atom stereocenters. The van der Waals surface area contributed by atoms with Crippen molar-refractivity contribution < 1.29 is 14.7 Å². The third-order valence-corrected chi connectivity index (χ3v) is 4.32. The van der Waals surface area contributed by atoms with Gasteiger partial charge in [0.15, 0.2) is 0 Å². The highest BCUT2D eigenvalue weighted by atomic mass is 16.5. The Hall–Kier alpha value is -2.33. The van der Waals surface area contributed by atoms with Crippen molar-refractivity contribution in [3.05, 3.63) is 58.1 Å². The molecule has 0 saturated carbocycles. The summed E-state index contributed by atoms with van der Waals surface area (Å²) in [5, 5.41) is 10.9. The monoisotopic (exact) mass is 327 g/mol. The van der Waals surface area contributed by atoms with Crippen molar-refractivity contribution in [1.29, 1.82) is 0 Å². The van der Waals surface area contributed by atoms with Crippen LogP contribution in [0.3, 0.4) is 0 Å². The summed E-state index contributed by atoms with van der Waals surface area (Å²) >= 11 is 0. The number of amides is 1. The summed E-state index contributed by atoms with van der Waals surface area (Å²) in [6.07, 6.45) is 0.237. The molecule has 1 N–H and O–H groups in total. The van der Waals surface area contributed by atoms with E-state index in [2.05, 4.69) is 19.9 Å². The molecule has 0 atom stereocenters. The molecular formula is C20H25NO3. The minimum atomic E-state index is -0.343. The van der Waals surface area contributed by atoms with E-state index in [1.165, 1.54) is 11.1 Å². The molecule has 24 heavy (non-hydrogen) atoms. The Balaban J connectivity index is 2.30. The molecule has 0 aromatic heterocycles. The van der Waals surface area contributed by atoms with Gasteiger partial charge in [0.05, 0.1) is 5.69 Å². The Bertz CT molecular complexity index is 753. The van der Waals surface area contributed by atoms with Gasteiger partial charge in [-0.2, -0.15) is 5.06 Å². The van der Waals surface area contributed by atoms with Crippen LogP contribution in [0.15, 0.2) is 30.3 Å². The molecule has 2 rings (SSSR count). The molecule has 0 aliphatic heterocycles. The van der Waals surface area contributed by atoms with Crippen molar-refractivity contribution in [2.75, 3.05) is 5.06 Å². The third kappa shape index (κ3) is 3.77. The number of benzene rings is 2. The summed E-state index contributed by atoms with van der Waals surface area (Å²) < 4.78 is 5.99. The quantitative estimate of drug-likeness (QED) is 0.643. The van der Waals surface area contributed by atoms with E-state index in [1.807, 2.05) is 32.0 Å². The highest BCUT2D eigenvalue weighted by Gasteiger charge is 2.17. The molecule has 0 radical (unpaired) electrons. The summed E-state index contributed by atoms with van der Waals surface area (Å²) in [5.41, 5.74) is 5.72. The molecule has 2 aromatic carbocycles. The van der Waals surface area contributed by atoms with Crippen LogP contribution in [-0.4, -0.2) is 11.1 Å². The molecule has 4 nitrogen and oxygen atoms in total. The van der Waals surface area contributed by atoms with Crippen molar-refractivity contribution in [2.24, 2.45) is 0 Å². The minimum Gasteiger partial charge on any atom is -0.489 e. The van der Waals surface area contributed by atoms with Crippen LogP contribution in [0, 0.1) is 27.7 Å². The number of rotatable bonds is 5. The molecule has 0 saturated heterocycles. The number of ether oxygens (including phenoxy) is 1. The van der Waals surface area contributed by atoms with E-state index >= 15 is 0 Å². The Kier molecular flexibility index (Phi) is 5.62. The van der Waals surface area contributed by atoms with Crippen LogP contribution < -0.4 is 9.80 Å². The number of carbonyl (C=O) groups excluding carboxylic acids is 1. The fourth-order valence-corrected chi connectivity index (χ4v) is 2.60. The van der Waals surface area contributed by atoms with Crippen LogP contribution in [0.4, 0.5) is 5.69 Å². The molecule has 0 bridgehead atoms. The highest BCUT2D eigenvalue weighted by molar-refractivity contribution is 5.91. The average molecular weight is 327 g/mol. The third-order valence-electron chi connectivity index (χ3n) is 4.32. The van der Waals surface area contributed by atoms with Gasteiger partial charge in [-0.15, -0.1) is 0 Å². The number of hydrogen-bond acceptors (Lipinski definition) is 3. The molecule has 0 aliphatic rings. The van der Waals surface area contributed by atoms with Gasteiger partial charge in [0, 0.05) is 12.0 Å². The summed E-state index contributed by atoms with van der Waals surface area (Å²) in [7, 11) is 0. The molecule has 0 aliphatic carbocycles. The van der Waals surface area contributed by atoms with Crippen LogP contribution in [0.2, 0.25) is 0 Å². The Morgan fingerprint density at radius 1 is 1.04 bits per heavy atom. The number of aryl methyl sites for hydroxylation is 4. The lowest BCUT2D eigenvalue weighted by Crippen LogP contribution is -2.27. The maximum absolute atomic E-state index is 11.8. The van der Waals surface area contributed by atoms with Crippen molar-refractivity contribution in [3.8, 4) is 5.75 Å². The normalized spacial score (nSPS) is 10.6. The molecule has 1 amide bonds. The standard InChI is InChI=1S/C20H25NO3/c1-6-20(22)21(23)18-9-7-8-13(2)17(18)12-24-19-11-15(4)14(3)10-16(19)5/h7-11,23H,6,12H2,1-5H3. The van der Waals surface area contributed by atoms with Gasteiger partial charge in [-0.05, 0) is 62.1 Å². The van der Waals surface area contributed by atoms with Crippen LogP contribution in [-0.2, 0) is 11.4 Å². The van der Waals surface area contributed by atoms with Crippen molar-refractivity contribution in [2.45, 2.75) is 47.6 Å². The molecule has 0 fully saturated rings. The maximum atomic E-state index is 11.8. The van der Waals surface area contributed by atoms with Gasteiger partial charge >= 0.3 is 0 Å². The zero-order valence-electron chi connectivity index (χ0n) is 15.0. The average Bonchev–Trinajstić information content (AvgIpc) is 2.56. The van der Waals surface area contributed by atoms with Gasteiger partial charge < -0.3 is 4.74 Å². The first-order valence-corrected chi connectivity index (χ1v) is 8.16. The predicted molar refractivity (Wildman–Crippen MR) is 95.7 cm³/mol. The minimum absolute atomic E-state index is 0.237. The van der Waals surface area contributed by atoms with Gasteiger partial charge in [0.1, 0.15) is 12.4 Å². The first-order valence-electron chi connectivity index (χ1n) is 8.16. The molecule has 0 spiro atoms. The molecule has 2 aromatic rings. The van der Waals surface area contributed by atoms with E-state index < -0.39 is 0 Å². The van der Waals surface area contributed by atoms with Crippen molar-refractivity contribution in [3.63, 3.8) is 0 Å². The van der Waals surface area contributed by atoms with Gasteiger partial charge in [-0.25, -0.2) is 0 Å². The Morgan fingerprint density at radius 3 is 2.38 bits per heavy atom. The predicted octanol–water partition coefficient (Wildman–Crippen LogP) is 4.63. The Labute approximate surface area is 143 Å². The number of anilines is 1. The lowest BCUT2D eigenvalue weighted by atomic mass is 10.1. The molecule has 0 heterocycles. The lowest BCUT2D eigenvalue weighted by Gasteiger charge is -2.20. The second-order valence-corrected chi connectivity index (χ2v) is 6.12. The fraction of sp³-hybridized carbons (Fsp3) is 0.350. The first kappa shape index (κ1) is 18.0. The van der Waals surface area contributed by atoms with Gasteiger partial charge in [-0.3, -0.25) is 10.0 Å². The summed E-state index contributed by atoms with van der Waals surface area (Å²) in [5.74, 6) is 0.475. The van der Waals surface area contributed by atoms with E-state index in [4.69, 9.17) is 4.74 Å². The summed E-state index contributed by atoms with van der Waals surface area (Å²) in [4.78, 5) is 11.8. The van der Waals surface area contributed by atoms with E-state index in [9.17, 15) is 10.0 Å². The van der Waals surface area contributed by atoms with Gasteiger partial charge in [0.25, 0.3) is 0 Å². The van der Waals surface area contributed by atoms with Crippen molar-refractivity contribution >= 4 is 11.6 Å². The number of hydroxylamine groups is 1. The largest absolute Gasteiger partial charge is 0.489 e. The number of hydrogen-bond donors (Lipinski definition) is 1. The molecular weight excluding hydrogens is 302 g/mol. The number of nitrogens with zero attached hydrogens (tertiary/aromatic N) is 1. The zero-order chi connectivity index (χ0) is 17.9. The zero-order valence-corrected chi connectivity index (χ0v) is 15.0. The maximum Gasteiger partial charge on any atom is 0.250 e. The summed E-state index contributed by atoms with van der Waals surface area (Å²) in [6, 6.07) is 9.62. The van der Waals surface area contributed by atoms with Gasteiger partial charge in [0.2, 0.25) is 5.91 Å². The van der Waals surface area contributed by atoms with E-state index in [0.29, 0.717) is 12.3 Å². The smallest absolute Gasteiger partial charge is 0.250 e. The van der Waals surface area contributed by atoms with Crippen LogP contribution in [0.1, 0.15) is 41.2 Å². The topological polar surface area (TPSA) is 49.8 Å². The second kappa shape index (κ2) is 7.49. The van der Waals surface area contributed by atoms with Crippen LogP contribution in [0.25, 0.3) is 0 Å².